The van der Waals surface area contributed by atoms with E-state index in [2.05, 4.69) is 4.98 Å². The number of halogens is 2. The molecule has 0 spiro atoms. The van der Waals surface area contributed by atoms with Gasteiger partial charge >= 0.3 is 6.09 Å². The number of benzene rings is 1. The molecule has 1 N–H and O–H groups in total. The second kappa shape index (κ2) is 7.80. The van der Waals surface area contributed by atoms with Crippen molar-refractivity contribution in [2.45, 2.75) is 30.0 Å². The van der Waals surface area contributed by atoms with Crippen LogP contribution in [0.4, 0.5) is 9.18 Å². The molecular weight excluding hydrogens is 445 g/mol. The molecule has 0 atom stereocenters. The van der Waals surface area contributed by atoms with Gasteiger partial charge in [0.2, 0.25) is 0 Å². The second-order valence-electron chi connectivity index (χ2n) is 7.82. The Morgan fingerprint density at radius 1 is 1.26 bits per heavy atom. The Morgan fingerprint density at radius 2 is 1.97 bits per heavy atom. The molecule has 1 amide bonds. The van der Waals surface area contributed by atoms with E-state index in [1.807, 2.05) is 16.8 Å². The predicted molar refractivity (Wildman–Crippen MR) is 115 cm³/mol. The largest absolute Gasteiger partial charge is 0.465 e. The van der Waals surface area contributed by atoms with E-state index < -0.39 is 21.6 Å². The first-order chi connectivity index (χ1) is 14.6. The van der Waals surface area contributed by atoms with Gasteiger partial charge in [-0.2, -0.15) is 0 Å². The summed E-state index contributed by atoms with van der Waals surface area (Å²) in [4.78, 5) is 16.9. The number of likely N-dealkylation sites (tertiary alicyclic amines) is 1. The molecule has 1 aliphatic rings. The van der Waals surface area contributed by atoms with Gasteiger partial charge in [0.1, 0.15) is 5.67 Å². The quantitative estimate of drug-likeness (QED) is 0.626. The van der Waals surface area contributed by atoms with Gasteiger partial charge < -0.3 is 14.6 Å². The maximum absolute atomic E-state index is 15.4. The number of nitrogens with zero attached hydrogens (tertiary/aromatic N) is 3. The van der Waals surface area contributed by atoms with E-state index in [0.717, 1.165) is 10.9 Å². The monoisotopic (exact) mass is 465 g/mol. The molecular formula is C21H21ClFN3O4S. The lowest BCUT2D eigenvalue weighted by molar-refractivity contribution is 0.0549. The molecule has 0 radical (unpaired) electrons. The van der Waals surface area contributed by atoms with Crippen molar-refractivity contribution >= 4 is 38.4 Å². The number of amides is 1. The molecule has 3 aromatic rings. The third kappa shape index (κ3) is 4.24. The molecule has 1 aromatic carbocycles. The third-order valence-corrected chi connectivity index (χ3v) is 7.19. The van der Waals surface area contributed by atoms with Crippen molar-refractivity contribution in [3.05, 3.63) is 59.0 Å². The lowest BCUT2D eigenvalue weighted by Crippen LogP contribution is -2.42. The number of pyridine rings is 1. The summed E-state index contributed by atoms with van der Waals surface area (Å²) >= 11 is 6.42. The Hall–Kier alpha value is -2.65. The van der Waals surface area contributed by atoms with Crippen LogP contribution in [0.1, 0.15) is 24.1 Å². The van der Waals surface area contributed by atoms with Gasteiger partial charge in [-0.05, 0) is 30.3 Å². The van der Waals surface area contributed by atoms with E-state index in [0.29, 0.717) is 22.8 Å². The number of sulfone groups is 1. The summed E-state index contributed by atoms with van der Waals surface area (Å²) in [6, 6.07) is 8.30. The molecule has 31 heavy (non-hydrogen) atoms. The standard InChI is InChI=1S/C21H21ClFN3O4S/c1-31(29,30)16-2-3-19-14(10-16)4-7-26(19)13-18-17(22)11-15(12-24-18)21(23)5-8-25(9-6-21)20(27)28/h2-4,7,10-12H,5-6,8-9,13H2,1H3,(H,27,28). The highest BCUT2D eigenvalue weighted by molar-refractivity contribution is 7.90. The summed E-state index contributed by atoms with van der Waals surface area (Å²) in [6.45, 7) is 0.582. The van der Waals surface area contributed by atoms with E-state index in [9.17, 15) is 13.2 Å². The lowest BCUT2D eigenvalue weighted by Gasteiger charge is -2.35. The molecule has 1 fully saturated rings. The number of rotatable bonds is 4. The Morgan fingerprint density at radius 3 is 2.58 bits per heavy atom. The van der Waals surface area contributed by atoms with Gasteiger partial charge in [-0.1, -0.05) is 11.6 Å². The number of hydrogen-bond donors (Lipinski definition) is 1. The average molecular weight is 466 g/mol. The first-order valence-corrected chi connectivity index (χ1v) is 11.9. The van der Waals surface area contributed by atoms with Gasteiger partial charge in [-0.3, -0.25) is 4.98 Å². The molecule has 1 saturated heterocycles. The van der Waals surface area contributed by atoms with Crippen LogP contribution in [0.5, 0.6) is 0 Å². The van der Waals surface area contributed by atoms with Gasteiger partial charge in [0, 0.05) is 61.0 Å². The Bertz CT molecular complexity index is 1270. The molecule has 0 bridgehead atoms. The molecule has 0 saturated carbocycles. The van der Waals surface area contributed by atoms with Crippen LogP contribution in [0.2, 0.25) is 5.02 Å². The summed E-state index contributed by atoms with van der Waals surface area (Å²) in [5.74, 6) is 0. The SMILES string of the molecule is CS(=O)(=O)c1ccc2c(ccn2Cc2ncc(C3(F)CCN(C(=O)O)CC3)cc2Cl)c1. The van der Waals surface area contributed by atoms with Gasteiger partial charge in [0.25, 0.3) is 0 Å². The lowest BCUT2D eigenvalue weighted by atomic mass is 9.87. The molecule has 2 aromatic heterocycles. The fraction of sp³-hybridized carbons (Fsp3) is 0.333. The zero-order chi connectivity index (χ0) is 22.4. The maximum atomic E-state index is 15.4. The van der Waals surface area contributed by atoms with E-state index in [4.69, 9.17) is 16.7 Å². The highest BCUT2D eigenvalue weighted by atomic mass is 35.5. The van der Waals surface area contributed by atoms with E-state index in [1.54, 1.807) is 24.3 Å². The summed E-state index contributed by atoms with van der Waals surface area (Å²) < 4.78 is 40.8. The summed E-state index contributed by atoms with van der Waals surface area (Å²) in [7, 11) is -3.29. The van der Waals surface area contributed by atoms with Gasteiger partial charge in [-0.25, -0.2) is 17.6 Å². The fourth-order valence-electron chi connectivity index (χ4n) is 3.88. The van der Waals surface area contributed by atoms with Crippen LogP contribution in [0.15, 0.2) is 47.6 Å². The number of carboxylic acid groups (broad SMARTS) is 1. The fourth-order valence-corrected chi connectivity index (χ4v) is 4.76. The molecule has 10 heteroatoms. The average Bonchev–Trinajstić information content (AvgIpc) is 3.11. The number of piperidine rings is 1. The van der Waals surface area contributed by atoms with Crippen molar-refractivity contribution in [2.24, 2.45) is 0 Å². The zero-order valence-electron chi connectivity index (χ0n) is 16.8. The maximum Gasteiger partial charge on any atom is 0.407 e. The number of carbonyl (C=O) groups is 1. The summed E-state index contributed by atoms with van der Waals surface area (Å²) in [5.41, 5.74) is 0.0732. The van der Waals surface area contributed by atoms with Crippen LogP contribution in [0, 0.1) is 0 Å². The minimum Gasteiger partial charge on any atom is -0.465 e. The van der Waals surface area contributed by atoms with E-state index in [1.165, 1.54) is 17.4 Å². The predicted octanol–water partition coefficient (Wildman–Crippen LogP) is 4.08. The van der Waals surface area contributed by atoms with Crippen LogP contribution in [-0.4, -0.2) is 53.4 Å². The second-order valence-corrected chi connectivity index (χ2v) is 10.2. The van der Waals surface area contributed by atoms with Gasteiger partial charge in [0.15, 0.2) is 9.84 Å². The Balaban J connectivity index is 1.56. The molecule has 7 nitrogen and oxygen atoms in total. The van der Waals surface area contributed by atoms with Gasteiger partial charge in [0.05, 0.1) is 22.2 Å². The normalized spacial score (nSPS) is 16.5. The molecule has 0 aliphatic carbocycles. The van der Waals surface area contributed by atoms with Crippen molar-refractivity contribution in [3.63, 3.8) is 0 Å². The minimum absolute atomic E-state index is 0.0571. The highest BCUT2D eigenvalue weighted by Crippen LogP contribution is 2.38. The molecule has 1 aliphatic heterocycles. The van der Waals surface area contributed by atoms with Crippen LogP contribution < -0.4 is 0 Å². The van der Waals surface area contributed by atoms with E-state index in [-0.39, 0.29) is 30.8 Å². The number of alkyl halides is 1. The van der Waals surface area contributed by atoms with Crippen molar-refractivity contribution < 1.29 is 22.7 Å². The minimum atomic E-state index is -3.29. The first-order valence-electron chi connectivity index (χ1n) is 9.67. The topological polar surface area (TPSA) is 92.5 Å². The summed E-state index contributed by atoms with van der Waals surface area (Å²) in [6.07, 6.45) is 3.52. The van der Waals surface area contributed by atoms with Crippen molar-refractivity contribution in [2.75, 3.05) is 19.3 Å². The van der Waals surface area contributed by atoms with Gasteiger partial charge in [-0.15, -0.1) is 0 Å². The first kappa shape index (κ1) is 21.6. The number of hydrogen-bond acceptors (Lipinski definition) is 4. The van der Waals surface area contributed by atoms with Crippen LogP contribution in [0.25, 0.3) is 10.9 Å². The summed E-state index contributed by atoms with van der Waals surface area (Å²) in [5, 5.41) is 10.2. The zero-order valence-corrected chi connectivity index (χ0v) is 18.3. The van der Waals surface area contributed by atoms with Crippen molar-refractivity contribution in [3.8, 4) is 0 Å². The number of fused-ring (bicyclic) bond motifs is 1. The Kier molecular flexibility index (Phi) is 5.43. The molecule has 0 unspecified atom stereocenters. The smallest absolute Gasteiger partial charge is 0.407 e. The van der Waals surface area contributed by atoms with Crippen molar-refractivity contribution in [1.82, 2.24) is 14.5 Å². The molecule has 164 valence electrons. The molecule has 4 rings (SSSR count). The highest BCUT2D eigenvalue weighted by Gasteiger charge is 2.38. The van der Waals surface area contributed by atoms with Crippen LogP contribution >= 0.6 is 11.6 Å². The Labute approximate surface area is 184 Å². The van der Waals surface area contributed by atoms with E-state index >= 15 is 4.39 Å². The third-order valence-electron chi connectivity index (χ3n) is 5.75. The number of aromatic nitrogens is 2. The van der Waals surface area contributed by atoms with Crippen LogP contribution in [0.3, 0.4) is 0 Å². The van der Waals surface area contributed by atoms with Crippen LogP contribution in [-0.2, 0) is 22.1 Å². The molecule has 3 heterocycles. The van der Waals surface area contributed by atoms with Crippen molar-refractivity contribution in [1.29, 1.82) is 0 Å².